The zero-order valence-corrected chi connectivity index (χ0v) is 14.3. The molecule has 3 heteroatoms. The number of carbonyl (C=O) groups excluding carboxylic acids is 1. The van der Waals surface area contributed by atoms with Crippen LogP contribution in [0.5, 0.6) is 0 Å². The molecule has 1 amide bonds. The zero-order chi connectivity index (χ0) is 15.6. The van der Waals surface area contributed by atoms with Crippen LogP contribution in [0.3, 0.4) is 0 Å². The van der Waals surface area contributed by atoms with Gasteiger partial charge in [0.15, 0.2) is 0 Å². The first-order valence-electron chi connectivity index (χ1n) is 7.68. The first kappa shape index (κ1) is 15.3. The highest BCUT2D eigenvalue weighted by molar-refractivity contribution is 9.10. The number of likely N-dealkylation sites (N-methyl/N-ethyl adjacent to an activating group) is 1. The van der Waals surface area contributed by atoms with Crippen LogP contribution in [-0.4, -0.2) is 17.9 Å². The Morgan fingerprint density at radius 2 is 1.73 bits per heavy atom. The summed E-state index contributed by atoms with van der Waals surface area (Å²) in [7, 11) is 1.91. The fourth-order valence-electron chi connectivity index (χ4n) is 3.23. The van der Waals surface area contributed by atoms with Gasteiger partial charge in [-0.1, -0.05) is 70.9 Å². The summed E-state index contributed by atoms with van der Waals surface area (Å²) in [4.78, 5) is 14.9. The van der Waals surface area contributed by atoms with Gasteiger partial charge in [-0.05, 0) is 30.0 Å². The maximum atomic E-state index is 13.1. The van der Waals surface area contributed by atoms with Crippen LogP contribution in [0.15, 0.2) is 59.1 Å². The van der Waals surface area contributed by atoms with Gasteiger partial charge in [0.05, 0.1) is 5.41 Å². The maximum absolute atomic E-state index is 13.1. The molecule has 114 valence electrons. The molecule has 0 spiro atoms. The van der Waals surface area contributed by atoms with Gasteiger partial charge in [0, 0.05) is 18.1 Å². The minimum Gasteiger partial charge on any atom is -0.341 e. The van der Waals surface area contributed by atoms with E-state index in [0.717, 1.165) is 34.9 Å². The SMILES string of the molecule is CN(Cc1ccccc1Br)C(=O)C1(c2ccccc2)CCC1. The van der Waals surface area contributed by atoms with Crippen LogP contribution in [0.1, 0.15) is 30.4 Å². The van der Waals surface area contributed by atoms with E-state index in [1.807, 2.05) is 48.3 Å². The molecule has 3 rings (SSSR count). The summed E-state index contributed by atoms with van der Waals surface area (Å²) in [5.74, 6) is 0.237. The molecule has 0 saturated heterocycles. The van der Waals surface area contributed by atoms with Crippen LogP contribution in [-0.2, 0) is 16.8 Å². The van der Waals surface area contributed by atoms with E-state index in [9.17, 15) is 4.79 Å². The lowest BCUT2D eigenvalue weighted by molar-refractivity contribution is -0.140. The summed E-state index contributed by atoms with van der Waals surface area (Å²) >= 11 is 3.56. The lowest BCUT2D eigenvalue weighted by Gasteiger charge is -2.43. The molecule has 1 saturated carbocycles. The molecule has 2 aromatic rings. The van der Waals surface area contributed by atoms with Crippen molar-refractivity contribution in [2.75, 3.05) is 7.05 Å². The first-order chi connectivity index (χ1) is 10.6. The fraction of sp³-hybridized carbons (Fsp3) is 0.316. The number of hydrogen-bond acceptors (Lipinski definition) is 1. The van der Waals surface area contributed by atoms with Crippen molar-refractivity contribution >= 4 is 21.8 Å². The van der Waals surface area contributed by atoms with Gasteiger partial charge >= 0.3 is 0 Å². The summed E-state index contributed by atoms with van der Waals surface area (Å²) in [6, 6.07) is 18.3. The first-order valence-corrected chi connectivity index (χ1v) is 8.47. The van der Waals surface area contributed by atoms with E-state index < -0.39 is 0 Å². The standard InChI is InChI=1S/C19H20BrNO/c1-21(14-15-8-5-6-11-17(15)20)18(22)19(12-7-13-19)16-9-3-2-4-10-16/h2-6,8-11H,7,12-14H2,1H3. The number of benzene rings is 2. The minimum absolute atomic E-state index is 0.237. The normalized spacial score (nSPS) is 15.9. The van der Waals surface area contributed by atoms with Gasteiger partial charge in [-0.15, -0.1) is 0 Å². The quantitative estimate of drug-likeness (QED) is 0.786. The highest BCUT2D eigenvalue weighted by atomic mass is 79.9. The summed E-state index contributed by atoms with van der Waals surface area (Å²) in [5.41, 5.74) is 1.99. The van der Waals surface area contributed by atoms with E-state index in [2.05, 4.69) is 34.1 Å². The Morgan fingerprint density at radius 3 is 2.32 bits per heavy atom. The van der Waals surface area contributed by atoms with Crippen LogP contribution >= 0.6 is 15.9 Å². The summed E-state index contributed by atoms with van der Waals surface area (Å²) in [6.07, 6.45) is 3.04. The van der Waals surface area contributed by atoms with Crippen molar-refractivity contribution in [1.29, 1.82) is 0 Å². The minimum atomic E-state index is -0.308. The van der Waals surface area contributed by atoms with Crippen LogP contribution < -0.4 is 0 Å². The number of nitrogens with zero attached hydrogens (tertiary/aromatic N) is 1. The molecule has 1 aliphatic carbocycles. The van der Waals surface area contributed by atoms with Crippen LogP contribution in [0.2, 0.25) is 0 Å². The second-order valence-corrected chi connectivity index (χ2v) is 6.91. The smallest absolute Gasteiger partial charge is 0.233 e. The third kappa shape index (κ3) is 2.70. The van der Waals surface area contributed by atoms with E-state index in [-0.39, 0.29) is 11.3 Å². The Balaban J connectivity index is 1.82. The average Bonchev–Trinajstić information content (AvgIpc) is 2.49. The Labute approximate surface area is 140 Å². The predicted molar refractivity (Wildman–Crippen MR) is 92.6 cm³/mol. The topological polar surface area (TPSA) is 20.3 Å². The number of halogens is 1. The fourth-order valence-corrected chi connectivity index (χ4v) is 3.64. The number of amides is 1. The highest BCUT2D eigenvalue weighted by Gasteiger charge is 2.46. The molecule has 1 aliphatic rings. The third-order valence-corrected chi connectivity index (χ3v) is 5.43. The van der Waals surface area contributed by atoms with Crippen LogP contribution in [0.25, 0.3) is 0 Å². The lowest BCUT2D eigenvalue weighted by atomic mass is 9.63. The molecule has 1 fully saturated rings. The van der Waals surface area contributed by atoms with Crippen molar-refractivity contribution in [3.63, 3.8) is 0 Å². The third-order valence-electron chi connectivity index (χ3n) is 4.65. The Kier molecular flexibility index (Phi) is 4.34. The van der Waals surface area contributed by atoms with Crippen molar-refractivity contribution in [2.45, 2.75) is 31.2 Å². The molecular formula is C19H20BrNO. The van der Waals surface area contributed by atoms with Crippen molar-refractivity contribution in [1.82, 2.24) is 4.90 Å². The molecule has 0 bridgehead atoms. The van der Waals surface area contributed by atoms with Gasteiger partial charge in [0.25, 0.3) is 0 Å². The highest BCUT2D eigenvalue weighted by Crippen LogP contribution is 2.45. The van der Waals surface area contributed by atoms with Crippen molar-refractivity contribution in [3.05, 3.63) is 70.2 Å². The summed E-state index contributed by atoms with van der Waals surface area (Å²) in [5, 5.41) is 0. The van der Waals surface area contributed by atoms with E-state index in [1.54, 1.807) is 0 Å². The van der Waals surface area contributed by atoms with Crippen LogP contribution in [0.4, 0.5) is 0 Å². The second kappa shape index (κ2) is 6.25. The van der Waals surface area contributed by atoms with Crippen LogP contribution in [0, 0.1) is 0 Å². The van der Waals surface area contributed by atoms with Gasteiger partial charge in [0.2, 0.25) is 5.91 Å². The van der Waals surface area contributed by atoms with Crippen molar-refractivity contribution in [3.8, 4) is 0 Å². The Morgan fingerprint density at radius 1 is 1.09 bits per heavy atom. The maximum Gasteiger partial charge on any atom is 0.233 e. The lowest BCUT2D eigenvalue weighted by Crippen LogP contribution is -2.49. The number of hydrogen-bond donors (Lipinski definition) is 0. The van der Waals surface area contributed by atoms with Gasteiger partial charge in [-0.25, -0.2) is 0 Å². The zero-order valence-electron chi connectivity index (χ0n) is 12.8. The Hall–Kier alpha value is -1.61. The average molecular weight is 358 g/mol. The number of carbonyl (C=O) groups is 1. The molecule has 0 unspecified atom stereocenters. The number of rotatable bonds is 4. The summed E-state index contributed by atoms with van der Waals surface area (Å²) in [6.45, 7) is 0.634. The monoisotopic (exact) mass is 357 g/mol. The molecule has 2 aromatic carbocycles. The molecule has 0 radical (unpaired) electrons. The van der Waals surface area contributed by atoms with Gasteiger partial charge < -0.3 is 4.90 Å². The Bertz CT molecular complexity index is 664. The largest absolute Gasteiger partial charge is 0.341 e. The van der Waals surface area contributed by atoms with E-state index in [4.69, 9.17) is 0 Å². The molecular weight excluding hydrogens is 338 g/mol. The summed E-state index contributed by atoms with van der Waals surface area (Å²) < 4.78 is 1.05. The van der Waals surface area contributed by atoms with Gasteiger partial charge in [-0.2, -0.15) is 0 Å². The van der Waals surface area contributed by atoms with Crippen molar-refractivity contribution < 1.29 is 4.79 Å². The van der Waals surface area contributed by atoms with E-state index in [1.165, 1.54) is 0 Å². The van der Waals surface area contributed by atoms with E-state index >= 15 is 0 Å². The van der Waals surface area contributed by atoms with Crippen molar-refractivity contribution in [2.24, 2.45) is 0 Å². The molecule has 0 aromatic heterocycles. The molecule has 0 heterocycles. The molecule has 0 atom stereocenters. The molecule has 2 nitrogen and oxygen atoms in total. The van der Waals surface area contributed by atoms with Gasteiger partial charge in [-0.3, -0.25) is 4.79 Å². The molecule has 0 N–H and O–H groups in total. The molecule has 22 heavy (non-hydrogen) atoms. The van der Waals surface area contributed by atoms with Gasteiger partial charge in [0.1, 0.15) is 0 Å². The van der Waals surface area contributed by atoms with E-state index in [0.29, 0.717) is 6.54 Å². The second-order valence-electron chi connectivity index (χ2n) is 6.05. The predicted octanol–water partition coefficient (Wildman–Crippen LogP) is 4.53. The molecule has 0 aliphatic heterocycles.